The molecule has 0 unspecified atom stereocenters. The number of halogens is 1. The standard InChI is InChI=1S/C16H21FN4O2/c1-16(2,3)19-13(22)9-21(4)10-14-18-15(20-23-14)11-5-7-12(17)8-6-11/h5-8H,9-10H2,1-4H3,(H,19,22). The Hall–Kier alpha value is -2.28. The quantitative estimate of drug-likeness (QED) is 0.914. The molecule has 2 rings (SSSR count). The van der Waals surface area contributed by atoms with Gasteiger partial charge in [-0.25, -0.2) is 4.39 Å². The normalized spacial score (nSPS) is 11.7. The molecule has 0 saturated carbocycles. The Bertz CT molecular complexity index is 661. The van der Waals surface area contributed by atoms with E-state index in [1.807, 2.05) is 20.8 Å². The first-order chi connectivity index (χ1) is 10.7. The minimum absolute atomic E-state index is 0.0710. The van der Waals surface area contributed by atoms with E-state index in [0.29, 0.717) is 23.8 Å². The van der Waals surface area contributed by atoms with Gasteiger partial charge in [-0.15, -0.1) is 0 Å². The van der Waals surface area contributed by atoms with Crippen molar-refractivity contribution in [2.24, 2.45) is 0 Å². The summed E-state index contributed by atoms with van der Waals surface area (Å²) in [4.78, 5) is 17.9. The molecule has 6 nitrogen and oxygen atoms in total. The monoisotopic (exact) mass is 320 g/mol. The van der Waals surface area contributed by atoms with Crippen LogP contribution in [-0.4, -0.2) is 40.1 Å². The fraction of sp³-hybridized carbons (Fsp3) is 0.438. The lowest BCUT2D eigenvalue weighted by atomic mass is 10.1. The second-order valence-corrected chi connectivity index (χ2v) is 6.49. The molecule has 1 N–H and O–H groups in total. The van der Waals surface area contributed by atoms with Crippen LogP contribution in [0.1, 0.15) is 26.7 Å². The van der Waals surface area contributed by atoms with E-state index in [9.17, 15) is 9.18 Å². The van der Waals surface area contributed by atoms with E-state index < -0.39 is 0 Å². The van der Waals surface area contributed by atoms with Gasteiger partial charge in [0.05, 0.1) is 13.1 Å². The van der Waals surface area contributed by atoms with Gasteiger partial charge in [-0.05, 0) is 52.1 Å². The van der Waals surface area contributed by atoms with E-state index in [1.54, 1.807) is 24.1 Å². The summed E-state index contributed by atoms with van der Waals surface area (Å²) in [5.41, 5.74) is 0.410. The van der Waals surface area contributed by atoms with Crippen LogP contribution in [0.5, 0.6) is 0 Å². The van der Waals surface area contributed by atoms with Crippen molar-refractivity contribution in [3.8, 4) is 11.4 Å². The molecule has 0 saturated heterocycles. The number of hydrogen-bond acceptors (Lipinski definition) is 5. The molecule has 23 heavy (non-hydrogen) atoms. The summed E-state index contributed by atoms with van der Waals surface area (Å²) in [5, 5.41) is 6.76. The highest BCUT2D eigenvalue weighted by atomic mass is 19.1. The van der Waals surface area contributed by atoms with Crippen LogP contribution in [0, 0.1) is 5.82 Å². The van der Waals surface area contributed by atoms with Gasteiger partial charge in [0.1, 0.15) is 5.82 Å². The van der Waals surface area contributed by atoms with Crippen LogP contribution >= 0.6 is 0 Å². The van der Waals surface area contributed by atoms with Gasteiger partial charge >= 0.3 is 0 Å². The maximum absolute atomic E-state index is 12.9. The Balaban J connectivity index is 1.93. The van der Waals surface area contributed by atoms with E-state index in [2.05, 4.69) is 15.5 Å². The van der Waals surface area contributed by atoms with Crippen LogP contribution in [0.4, 0.5) is 4.39 Å². The number of carbonyl (C=O) groups is 1. The van der Waals surface area contributed by atoms with Crippen molar-refractivity contribution in [3.05, 3.63) is 36.0 Å². The Morgan fingerprint density at radius 1 is 1.30 bits per heavy atom. The first-order valence-corrected chi connectivity index (χ1v) is 7.31. The predicted octanol–water partition coefficient (Wildman–Crippen LogP) is 2.22. The molecule has 1 amide bonds. The van der Waals surface area contributed by atoms with Gasteiger partial charge in [-0.3, -0.25) is 9.69 Å². The molecular weight excluding hydrogens is 299 g/mol. The summed E-state index contributed by atoms with van der Waals surface area (Å²) in [6.07, 6.45) is 0. The Morgan fingerprint density at radius 3 is 2.57 bits per heavy atom. The third-order valence-corrected chi connectivity index (χ3v) is 2.90. The summed E-state index contributed by atoms with van der Waals surface area (Å²) < 4.78 is 18.1. The van der Waals surface area contributed by atoms with Gasteiger partial charge in [0, 0.05) is 11.1 Å². The number of rotatable bonds is 5. The average molecular weight is 320 g/mol. The average Bonchev–Trinajstić information content (AvgIpc) is 2.85. The zero-order valence-corrected chi connectivity index (χ0v) is 13.8. The van der Waals surface area contributed by atoms with Crippen molar-refractivity contribution in [3.63, 3.8) is 0 Å². The van der Waals surface area contributed by atoms with Gasteiger partial charge in [-0.2, -0.15) is 4.98 Å². The SMILES string of the molecule is CN(CC(=O)NC(C)(C)C)Cc1nc(-c2ccc(F)cc2)no1. The second-order valence-electron chi connectivity index (χ2n) is 6.49. The molecule has 1 aromatic heterocycles. The van der Waals surface area contributed by atoms with Gasteiger partial charge in [0.2, 0.25) is 17.6 Å². The van der Waals surface area contributed by atoms with Crippen LogP contribution in [0.15, 0.2) is 28.8 Å². The maximum Gasteiger partial charge on any atom is 0.241 e. The lowest BCUT2D eigenvalue weighted by Gasteiger charge is -2.22. The van der Waals surface area contributed by atoms with Gasteiger partial charge < -0.3 is 9.84 Å². The van der Waals surface area contributed by atoms with Gasteiger partial charge in [-0.1, -0.05) is 5.16 Å². The van der Waals surface area contributed by atoms with Gasteiger partial charge in [0.25, 0.3) is 0 Å². The molecule has 0 radical (unpaired) electrons. The Labute approximate surface area is 134 Å². The minimum atomic E-state index is -0.318. The molecule has 124 valence electrons. The molecule has 1 aromatic carbocycles. The van der Waals surface area contributed by atoms with Gasteiger partial charge in [0.15, 0.2) is 0 Å². The highest BCUT2D eigenvalue weighted by molar-refractivity contribution is 5.78. The first kappa shape index (κ1) is 17.1. The molecule has 0 aliphatic carbocycles. The van der Waals surface area contributed by atoms with E-state index in [-0.39, 0.29) is 23.8 Å². The van der Waals surface area contributed by atoms with Crippen LogP contribution < -0.4 is 5.32 Å². The van der Waals surface area contributed by atoms with E-state index in [0.717, 1.165) is 0 Å². The van der Waals surface area contributed by atoms with Crippen LogP contribution in [0.2, 0.25) is 0 Å². The molecule has 0 spiro atoms. The van der Waals surface area contributed by atoms with Crippen molar-refractivity contribution in [2.45, 2.75) is 32.9 Å². The van der Waals surface area contributed by atoms with E-state index in [4.69, 9.17) is 4.52 Å². The van der Waals surface area contributed by atoms with Crippen molar-refractivity contribution in [1.29, 1.82) is 0 Å². The van der Waals surface area contributed by atoms with E-state index in [1.165, 1.54) is 12.1 Å². The summed E-state index contributed by atoms with van der Waals surface area (Å²) in [5.74, 6) is 0.406. The molecule has 7 heteroatoms. The number of carbonyl (C=O) groups excluding carboxylic acids is 1. The number of benzene rings is 1. The number of nitrogens with one attached hydrogen (secondary N) is 1. The Kier molecular flexibility index (Phi) is 5.10. The number of amides is 1. The third-order valence-electron chi connectivity index (χ3n) is 2.90. The molecule has 0 fully saturated rings. The highest BCUT2D eigenvalue weighted by Gasteiger charge is 2.17. The molecule has 2 aromatic rings. The molecular formula is C16H21FN4O2. The molecule has 1 heterocycles. The number of aromatic nitrogens is 2. The number of likely N-dealkylation sites (N-methyl/N-ethyl adjacent to an activating group) is 1. The van der Waals surface area contributed by atoms with Crippen molar-refractivity contribution >= 4 is 5.91 Å². The van der Waals surface area contributed by atoms with E-state index >= 15 is 0 Å². The van der Waals surface area contributed by atoms with Crippen LogP contribution in [0.25, 0.3) is 11.4 Å². The maximum atomic E-state index is 12.9. The summed E-state index contributed by atoms with van der Waals surface area (Å²) in [7, 11) is 1.80. The second kappa shape index (κ2) is 6.87. The van der Waals surface area contributed by atoms with Crippen molar-refractivity contribution in [2.75, 3.05) is 13.6 Å². The zero-order valence-electron chi connectivity index (χ0n) is 13.8. The molecule has 0 bridgehead atoms. The summed E-state index contributed by atoms with van der Waals surface area (Å²) >= 11 is 0. The third kappa shape index (κ3) is 5.45. The summed E-state index contributed by atoms with van der Waals surface area (Å²) in [6, 6.07) is 5.86. The van der Waals surface area contributed by atoms with Crippen molar-refractivity contribution in [1.82, 2.24) is 20.4 Å². The Morgan fingerprint density at radius 2 is 1.96 bits per heavy atom. The molecule has 0 atom stereocenters. The lowest BCUT2D eigenvalue weighted by Crippen LogP contribution is -2.45. The lowest BCUT2D eigenvalue weighted by molar-refractivity contribution is -0.123. The van der Waals surface area contributed by atoms with Crippen molar-refractivity contribution < 1.29 is 13.7 Å². The first-order valence-electron chi connectivity index (χ1n) is 7.31. The summed E-state index contributed by atoms with van der Waals surface area (Å²) in [6.45, 7) is 6.37. The number of nitrogens with zero attached hydrogens (tertiary/aromatic N) is 3. The number of hydrogen-bond donors (Lipinski definition) is 1. The van der Waals surface area contributed by atoms with Crippen LogP contribution in [0.3, 0.4) is 0 Å². The minimum Gasteiger partial charge on any atom is -0.350 e. The fourth-order valence-corrected chi connectivity index (χ4v) is 2.03. The molecule has 0 aliphatic heterocycles. The molecule has 0 aliphatic rings. The smallest absolute Gasteiger partial charge is 0.241 e. The fourth-order valence-electron chi connectivity index (χ4n) is 2.03. The highest BCUT2D eigenvalue weighted by Crippen LogP contribution is 2.16. The zero-order chi connectivity index (χ0) is 17.0. The van der Waals surface area contributed by atoms with Crippen LogP contribution in [-0.2, 0) is 11.3 Å². The topological polar surface area (TPSA) is 71.3 Å². The predicted molar refractivity (Wildman–Crippen MR) is 83.9 cm³/mol. The largest absolute Gasteiger partial charge is 0.350 e.